The minimum Gasteiger partial charge on any atom is -0.338 e. The van der Waals surface area contributed by atoms with Gasteiger partial charge in [0, 0.05) is 25.7 Å². The van der Waals surface area contributed by atoms with Gasteiger partial charge in [0.05, 0.1) is 6.04 Å². The summed E-state index contributed by atoms with van der Waals surface area (Å²) in [6, 6.07) is 0.170. The van der Waals surface area contributed by atoms with Crippen LogP contribution in [0.25, 0.3) is 0 Å². The Bertz CT molecular complexity index is 250. The van der Waals surface area contributed by atoms with E-state index in [2.05, 4.69) is 18.9 Å². The van der Waals surface area contributed by atoms with Crippen molar-refractivity contribution in [3.63, 3.8) is 0 Å². The SMILES string of the molecule is CCC1CN(C(=O)[C@H](N)CCSC)CCN1C. The van der Waals surface area contributed by atoms with Crippen LogP contribution in [0.1, 0.15) is 19.8 Å². The Balaban J connectivity index is 2.46. The van der Waals surface area contributed by atoms with Crippen molar-refractivity contribution in [3.05, 3.63) is 0 Å². The van der Waals surface area contributed by atoms with Crippen molar-refractivity contribution in [1.82, 2.24) is 9.80 Å². The van der Waals surface area contributed by atoms with E-state index in [1.165, 1.54) is 0 Å². The summed E-state index contributed by atoms with van der Waals surface area (Å²) >= 11 is 1.74. The molecule has 1 rings (SSSR count). The summed E-state index contributed by atoms with van der Waals surface area (Å²) in [7, 11) is 2.13. The van der Waals surface area contributed by atoms with E-state index in [9.17, 15) is 4.79 Å². The van der Waals surface area contributed by atoms with E-state index in [1.54, 1.807) is 11.8 Å². The average Bonchev–Trinajstić information content (AvgIpc) is 2.35. The number of amides is 1. The van der Waals surface area contributed by atoms with Crippen molar-refractivity contribution >= 4 is 17.7 Å². The van der Waals surface area contributed by atoms with Gasteiger partial charge in [-0.1, -0.05) is 6.92 Å². The van der Waals surface area contributed by atoms with Gasteiger partial charge >= 0.3 is 0 Å². The molecule has 0 bridgehead atoms. The van der Waals surface area contributed by atoms with Gasteiger partial charge in [0.15, 0.2) is 0 Å². The number of likely N-dealkylation sites (N-methyl/N-ethyl adjacent to an activating group) is 1. The number of piperazine rings is 1. The number of carbonyl (C=O) groups is 1. The predicted molar refractivity (Wildman–Crippen MR) is 74.3 cm³/mol. The van der Waals surface area contributed by atoms with Crippen LogP contribution in [0, 0.1) is 0 Å². The Morgan fingerprint density at radius 1 is 1.53 bits per heavy atom. The lowest BCUT2D eigenvalue weighted by molar-refractivity contribution is -0.135. The second-order valence-electron chi connectivity index (χ2n) is 4.71. The van der Waals surface area contributed by atoms with Gasteiger partial charge in [-0.2, -0.15) is 11.8 Å². The van der Waals surface area contributed by atoms with Crippen LogP contribution in [0.2, 0.25) is 0 Å². The summed E-state index contributed by atoms with van der Waals surface area (Å²) in [5.41, 5.74) is 5.94. The highest BCUT2D eigenvalue weighted by atomic mass is 32.2. The Morgan fingerprint density at radius 2 is 2.24 bits per heavy atom. The quantitative estimate of drug-likeness (QED) is 0.786. The van der Waals surface area contributed by atoms with Crippen LogP contribution in [-0.4, -0.2) is 66.5 Å². The Labute approximate surface area is 109 Å². The van der Waals surface area contributed by atoms with Gasteiger partial charge in [-0.15, -0.1) is 0 Å². The average molecular weight is 259 g/mol. The van der Waals surface area contributed by atoms with Crippen molar-refractivity contribution in [3.8, 4) is 0 Å². The van der Waals surface area contributed by atoms with Crippen molar-refractivity contribution in [2.45, 2.75) is 31.8 Å². The number of hydrogen-bond acceptors (Lipinski definition) is 4. The molecule has 5 heteroatoms. The van der Waals surface area contributed by atoms with E-state index in [0.29, 0.717) is 6.04 Å². The van der Waals surface area contributed by atoms with E-state index in [1.807, 2.05) is 11.2 Å². The van der Waals surface area contributed by atoms with Crippen LogP contribution in [-0.2, 0) is 4.79 Å². The molecule has 0 aromatic carbocycles. The van der Waals surface area contributed by atoms with Gasteiger partial charge in [-0.05, 0) is 31.9 Å². The smallest absolute Gasteiger partial charge is 0.239 e. The van der Waals surface area contributed by atoms with Crippen LogP contribution in [0.5, 0.6) is 0 Å². The monoisotopic (exact) mass is 259 g/mol. The molecular formula is C12H25N3OS. The summed E-state index contributed by atoms with van der Waals surface area (Å²) in [6.07, 6.45) is 3.91. The zero-order valence-corrected chi connectivity index (χ0v) is 12.0. The third-order valence-electron chi connectivity index (χ3n) is 3.51. The minimum absolute atomic E-state index is 0.130. The molecule has 0 radical (unpaired) electrons. The van der Waals surface area contributed by atoms with E-state index in [4.69, 9.17) is 5.73 Å². The van der Waals surface area contributed by atoms with E-state index < -0.39 is 0 Å². The summed E-state index contributed by atoms with van der Waals surface area (Å²) < 4.78 is 0. The Hall–Kier alpha value is -0.260. The summed E-state index contributed by atoms with van der Waals surface area (Å²) in [6.45, 7) is 4.78. The van der Waals surface area contributed by atoms with Gasteiger partial charge in [0.25, 0.3) is 0 Å². The number of carbonyl (C=O) groups excluding carboxylic acids is 1. The third-order valence-corrected chi connectivity index (χ3v) is 4.15. The zero-order valence-electron chi connectivity index (χ0n) is 11.2. The molecule has 0 aliphatic carbocycles. The van der Waals surface area contributed by atoms with Gasteiger partial charge in [-0.3, -0.25) is 9.69 Å². The standard InChI is InChI=1S/C12H25N3OS/c1-4-10-9-15(7-6-14(10)2)12(16)11(13)5-8-17-3/h10-11H,4-9,13H2,1-3H3/t10?,11-/m1/s1. The number of rotatable bonds is 5. The van der Waals surface area contributed by atoms with Crippen LogP contribution >= 0.6 is 11.8 Å². The molecule has 1 fully saturated rings. The van der Waals surface area contributed by atoms with Crippen LogP contribution in [0.3, 0.4) is 0 Å². The fourth-order valence-electron chi connectivity index (χ4n) is 2.19. The molecule has 2 atom stereocenters. The molecule has 0 spiro atoms. The van der Waals surface area contributed by atoms with E-state index in [-0.39, 0.29) is 11.9 Å². The highest BCUT2D eigenvalue weighted by molar-refractivity contribution is 7.98. The maximum atomic E-state index is 12.1. The number of nitrogens with two attached hydrogens (primary N) is 1. The maximum Gasteiger partial charge on any atom is 0.239 e. The van der Waals surface area contributed by atoms with Gasteiger partial charge in [-0.25, -0.2) is 0 Å². The van der Waals surface area contributed by atoms with Crippen molar-refractivity contribution in [2.75, 3.05) is 38.7 Å². The molecule has 0 aromatic rings. The molecule has 1 aliphatic heterocycles. The predicted octanol–water partition coefficient (Wildman–Crippen LogP) is 0.619. The Morgan fingerprint density at radius 3 is 2.82 bits per heavy atom. The highest BCUT2D eigenvalue weighted by Crippen LogP contribution is 2.12. The van der Waals surface area contributed by atoms with Gasteiger partial charge < -0.3 is 10.6 Å². The molecule has 17 heavy (non-hydrogen) atoms. The molecule has 2 N–H and O–H groups in total. The molecule has 0 saturated carbocycles. The largest absolute Gasteiger partial charge is 0.338 e. The first-order valence-corrected chi connectivity index (χ1v) is 7.73. The molecule has 4 nitrogen and oxygen atoms in total. The third kappa shape index (κ3) is 4.16. The normalized spacial score (nSPS) is 23.8. The van der Waals surface area contributed by atoms with Crippen LogP contribution < -0.4 is 5.73 Å². The fraction of sp³-hybridized carbons (Fsp3) is 0.917. The summed E-state index contributed by atoms with van der Waals surface area (Å²) in [5, 5.41) is 0. The van der Waals surface area contributed by atoms with Gasteiger partial charge in [0.2, 0.25) is 5.91 Å². The molecular weight excluding hydrogens is 234 g/mol. The second kappa shape index (κ2) is 7.24. The lowest BCUT2D eigenvalue weighted by Crippen LogP contribution is -2.56. The van der Waals surface area contributed by atoms with E-state index in [0.717, 1.165) is 38.2 Å². The molecule has 1 amide bonds. The molecule has 1 saturated heterocycles. The Kier molecular flexibility index (Phi) is 6.30. The highest BCUT2D eigenvalue weighted by Gasteiger charge is 2.28. The topological polar surface area (TPSA) is 49.6 Å². The summed E-state index contributed by atoms with van der Waals surface area (Å²) in [5.74, 6) is 1.09. The van der Waals surface area contributed by atoms with Crippen LogP contribution in [0.15, 0.2) is 0 Å². The number of hydrogen-bond donors (Lipinski definition) is 1. The lowest BCUT2D eigenvalue weighted by Gasteiger charge is -2.40. The first-order chi connectivity index (χ1) is 8.10. The first kappa shape index (κ1) is 14.8. The second-order valence-corrected chi connectivity index (χ2v) is 5.70. The fourth-order valence-corrected chi connectivity index (χ4v) is 2.68. The molecule has 1 unspecified atom stereocenters. The number of thioether (sulfide) groups is 1. The van der Waals surface area contributed by atoms with E-state index >= 15 is 0 Å². The maximum absolute atomic E-state index is 12.1. The minimum atomic E-state index is -0.316. The van der Waals surface area contributed by atoms with Crippen molar-refractivity contribution < 1.29 is 4.79 Å². The van der Waals surface area contributed by atoms with Crippen molar-refractivity contribution in [1.29, 1.82) is 0 Å². The van der Waals surface area contributed by atoms with Gasteiger partial charge in [0.1, 0.15) is 0 Å². The molecule has 1 heterocycles. The molecule has 100 valence electrons. The molecule has 0 aromatic heterocycles. The number of nitrogens with zero attached hydrogens (tertiary/aromatic N) is 2. The zero-order chi connectivity index (χ0) is 12.8. The van der Waals surface area contributed by atoms with Crippen LogP contribution in [0.4, 0.5) is 0 Å². The lowest BCUT2D eigenvalue weighted by atomic mass is 10.1. The molecule has 1 aliphatic rings. The van der Waals surface area contributed by atoms with Crippen molar-refractivity contribution in [2.24, 2.45) is 5.73 Å². The first-order valence-electron chi connectivity index (χ1n) is 6.33. The summed E-state index contributed by atoms with van der Waals surface area (Å²) in [4.78, 5) is 16.4.